The third-order valence-electron chi connectivity index (χ3n) is 4.86. The van der Waals surface area contributed by atoms with Crippen molar-refractivity contribution in [1.29, 1.82) is 0 Å². The summed E-state index contributed by atoms with van der Waals surface area (Å²) in [6, 6.07) is 5.20. The zero-order valence-corrected chi connectivity index (χ0v) is 16.5. The number of ether oxygens (including phenoxy) is 1. The fraction of sp³-hybridized carbons (Fsp3) is 0.444. The van der Waals surface area contributed by atoms with Gasteiger partial charge in [-0.15, -0.1) is 10.2 Å². The van der Waals surface area contributed by atoms with Crippen LogP contribution in [-0.4, -0.2) is 63.6 Å². The van der Waals surface area contributed by atoms with Crippen molar-refractivity contribution in [3.63, 3.8) is 0 Å². The van der Waals surface area contributed by atoms with Crippen molar-refractivity contribution in [1.82, 2.24) is 20.0 Å². The van der Waals surface area contributed by atoms with Crippen LogP contribution in [0, 0.1) is 5.82 Å². The molecule has 2 atom stereocenters. The molecule has 0 aliphatic carbocycles. The van der Waals surface area contributed by atoms with Gasteiger partial charge in [0.2, 0.25) is 11.0 Å². The van der Waals surface area contributed by atoms with E-state index in [0.29, 0.717) is 29.0 Å². The summed E-state index contributed by atoms with van der Waals surface area (Å²) >= 11 is 1.20. The van der Waals surface area contributed by atoms with Gasteiger partial charge >= 0.3 is 0 Å². The first-order valence-electron chi connectivity index (χ1n) is 8.90. The molecule has 1 aliphatic heterocycles. The molecule has 150 valence electrons. The number of aromatic nitrogens is 2. The van der Waals surface area contributed by atoms with Crippen LogP contribution in [0.1, 0.15) is 18.9 Å². The minimum atomic E-state index is -0.363. The van der Waals surface area contributed by atoms with E-state index in [0.717, 1.165) is 0 Å². The maximum Gasteiger partial charge on any atom is 0.260 e. The highest BCUT2D eigenvalue weighted by Crippen LogP contribution is 2.20. The molecule has 0 radical (unpaired) electrons. The van der Waals surface area contributed by atoms with Gasteiger partial charge in [0.1, 0.15) is 16.6 Å². The van der Waals surface area contributed by atoms with E-state index in [1.165, 1.54) is 35.6 Å². The van der Waals surface area contributed by atoms with Crippen molar-refractivity contribution in [3.05, 3.63) is 35.1 Å². The Morgan fingerprint density at radius 3 is 2.32 bits per heavy atom. The standard InChI is InChI=1S/C18H22FN5O3S/c1-11-12(2)24(17(26)10-27-14-5-3-13(19)4-6-14)8-7-23(11)16(25)9-15-21-22-18(20)28-15/h3-6,11-12H,7-10H2,1-2H3,(H2,20,22)/t11-,12+/m0/s1. The highest BCUT2D eigenvalue weighted by molar-refractivity contribution is 7.15. The number of hydrogen-bond donors (Lipinski definition) is 1. The van der Waals surface area contributed by atoms with E-state index in [9.17, 15) is 14.0 Å². The van der Waals surface area contributed by atoms with E-state index in [1.807, 2.05) is 13.8 Å². The lowest BCUT2D eigenvalue weighted by Gasteiger charge is -2.45. The molecule has 8 nitrogen and oxygen atoms in total. The van der Waals surface area contributed by atoms with Gasteiger partial charge < -0.3 is 20.3 Å². The van der Waals surface area contributed by atoms with Gasteiger partial charge in [0.05, 0.1) is 6.42 Å². The zero-order valence-electron chi connectivity index (χ0n) is 15.7. The Morgan fingerprint density at radius 2 is 1.75 bits per heavy atom. The average molecular weight is 407 g/mol. The lowest BCUT2D eigenvalue weighted by atomic mass is 10.0. The zero-order chi connectivity index (χ0) is 20.3. The molecule has 0 unspecified atom stereocenters. The molecule has 1 aliphatic rings. The fourth-order valence-electron chi connectivity index (χ4n) is 3.17. The molecule has 1 aromatic heterocycles. The van der Waals surface area contributed by atoms with Crippen molar-refractivity contribution in [2.45, 2.75) is 32.4 Å². The Morgan fingerprint density at radius 1 is 1.14 bits per heavy atom. The molecule has 0 spiro atoms. The highest BCUT2D eigenvalue weighted by atomic mass is 32.1. The minimum Gasteiger partial charge on any atom is -0.484 e. The summed E-state index contributed by atoms with van der Waals surface area (Å²) in [5.74, 6) is -0.170. The number of amides is 2. The molecule has 3 rings (SSSR count). The SMILES string of the molecule is C[C@@H]1[C@H](C)N(C(=O)Cc2nnc(N)s2)CCN1C(=O)COc1ccc(F)cc1. The molecule has 10 heteroatoms. The summed E-state index contributed by atoms with van der Waals surface area (Å²) in [7, 11) is 0. The van der Waals surface area contributed by atoms with Gasteiger partial charge in [-0.3, -0.25) is 9.59 Å². The molecular formula is C18H22FN5O3S. The summed E-state index contributed by atoms with van der Waals surface area (Å²) in [6.07, 6.45) is 0.146. The number of anilines is 1. The molecule has 2 aromatic rings. The van der Waals surface area contributed by atoms with Crippen LogP contribution in [0.3, 0.4) is 0 Å². The van der Waals surface area contributed by atoms with Crippen molar-refractivity contribution in [2.24, 2.45) is 0 Å². The topological polar surface area (TPSA) is 102 Å². The van der Waals surface area contributed by atoms with Gasteiger partial charge in [0.25, 0.3) is 5.91 Å². The van der Waals surface area contributed by atoms with Crippen LogP contribution < -0.4 is 10.5 Å². The summed E-state index contributed by atoms with van der Waals surface area (Å²) in [5.41, 5.74) is 5.56. The first kappa shape index (κ1) is 20.0. The van der Waals surface area contributed by atoms with Crippen LogP contribution >= 0.6 is 11.3 Å². The predicted octanol–water partition coefficient (Wildman–Crippen LogP) is 1.33. The molecule has 2 heterocycles. The van der Waals surface area contributed by atoms with E-state index in [2.05, 4.69) is 10.2 Å². The molecule has 0 saturated carbocycles. The number of hydrogen-bond acceptors (Lipinski definition) is 7. The largest absolute Gasteiger partial charge is 0.484 e. The summed E-state index contributed by atoms with van der Waals surface area (Å²) < 4.78 is 18.4. The molecule has 1 aromatic carbocycles. The maximum absolute atomic E-state index is 12.9. The van der Waals surface area contributed by atoms with Crippen molar-refractivity contribution in [2.75, 3.05) is 25.4 Å². The van der Waals surface area contributed by atoms with Crippen LogP contribution in [0.2, 0.25) is 0 Å². The molecule has 2 N–H and O–H groups in total. The smallest absolute Gasteiger partial charge is 0.260 e. The van der Waals surface area contributed by atoms with Gasteiger partial charge in [-0.1, -0.05) is 11.3 Å². The normalized spacial score (nSPS) is 19.5. The number of piperazine rings is 1. The molecule has 1 fully saturated rings. The minimum absolute atomic E-state index is 0.0647. The quantitative estimate of drug-likeness (QED) is 0.802. The number of benzene rings is 1. The number of rotatable bonds is 5. The van der Waals surface area contributed by atoms with E-state index in [4.69, 9.17) is 10.5 Å². The summed E-state index contributed by atoms with van der Waals surface area (Å²) in [5, 5.41) is 8.52. The predicted molar refractivity (Wildman–Crippen MR) is 102 cm³/mol. The monoisotopic (exact) mass is 407 g/mol. The first-order valence-corrected chi connectivity index (χ1v) is 9.72. The number of nitrogens with two attached hydrogens (primary N) is 1. The Hall–Kier alpha value is -2.75. The average Bonchev–Trinajstić information content (AvgIpc) is 3.07. The highest BCUT2D eigenvalue weighted by Gasteiger charge is 2.35. The lowest BCUT2D eigenvalue weighted by Crippen LogP contribution is -2.61. The fourth-order valence-corrected chi connectivity index (χ4v) is 3.78. The Labute approximate surface area is 166 Å². The molecular weight excluding hydrogens is 385 g/mol. The second-order valence-electron chi connectivity index (χ2n) is 6.61. The van der Waals surface area contributed by atoms with Crippen molar-refractivity contribution in [3.8, 4) is 5.75 Å². The van der Waals surface area contributed by atoms with E-state index in [-0.39, 0.29) is 42.7 Å². The molecule has 2 amide bonds. The number of carbonyl (C=O) groups excluding carboxylic acids is 2. The maximum atomic E-state index is 12.9. The third-order valence-corrected chi connectivity index (χ3v) is 5.62. The Kier molecular flexibility index (Phi) is 6.08. The molecule has 28 heavy (non-hydrogen) atoms. The van der Waals surface area contributed by atoms with Crippen LogP contribution in [0.4, 0.5) is 9.52 Å². The second kappa shape index (κ2) is 8.51. The Bertz CT molecular complexity index is 844. The van der Waals surface area contributed by atoms with Gasteiger partial charge in [0, 0.05) is 25.2 Å². The Balaban J connectivity index is 1.55. The van der Waals surface area contributed by atoms with Crippen LogP contribution in [0.25, 0.3) is 0 Å². The second-order valence-corrected chi connectivity index (χ2v) is 7.70. The molecule has 1 saturated heterocycles. The summed E-state index contributed by atoms with van der Waals surface area (Å²) in [4.78, 5) is 28.6. The number of nitrogens with zero attached hydrogens (tertiary/aromatic N) is 4. The van der Waals surface area contributed by atoms with Gasteiger partial charge in [0.15, 0.2) is 6.61 Å². The van der Waals surface area contributed by atoms with Gasteiger partial charge in [-0.25, -0.2) is 4.39 Å². The number of carbonyl (C=O) groups is 2. The van der Waals surface area contributed by atoms with E-state index >= 15 is 0 Å². The van der Waals surface area contributed by atoms with Gasteiger partial charge in [-0.2, -0.15) is 0 Å². The van der Waals surface area contributed by atoms with Crippen LogP contribution in [0.15, 0.2) is 24.3 Å². The summed E-state index contributed by atoms with van der Waals surface area (Å²) in [6.45, 7) is 4.53. The van der Waals surface area contributed by atoms with E-state index in [1.54, 1.807) is 9.80 Å². The third kappa shape index (κ3) is 4.56. The first-order chi connectivity index (χ1) is 13.3. The molecule has 0 bridgehead atoms. The van der Waals surface area contributed by atoms with Crippen molar-refractivity contribution >= 4 is 28.3 Å². The van der Waals surface area contributed by atoms with Crippen molar-refractivity contribution < 1.29 is 18.7 Å². The number of halogens is 1. The number of nitrogen functional groups attached to an aromatic ring is 1. The van der Waals surface area contributed by atoms with Crippen LogP contribution in [0.5, 0.6) is 5.75 Å². The van der Waals surface area contributed by atoms with Gasteiger partial charge in [-0.05, 0) is 38.1 Å². The lowest BCUT2D eigenvalue weighted by molar-refractivity contribution is -0.147. The van der Waals surface area contributed by atoms with Crippen LogP contribution in [-0.2, 0) is 16.0 Å². The van der Waals surface area contributed by atoms with E-state index < -0.39 is 0 Å².